The van der Waals surface area contributed by atoms with Gasteiger partial charge in [0.15, 0.2) is 5.65 Å². The normalized spacial score (nSPS) is 18.0. The number of likely N-dealkylation sites (tertiary alicyclic amines) is 1. The number of rotatable bonds is 4. The van der Waals surface area contributed by atoms with E-state index in [0.29, 0.717) is 17.8 Å². The molecule has 1 unspecified atom stereocenters. The molecule has 1 fully saturated rings. The van der Waals surface area contributed by atoms with Crippen LogP contribution in [0.4, 0.5) is 5.69 Å². The summed E-state index contributed by atoms with van der Waals surface area (Å²) >= 11 is -2.25. The van der Waals surface area contributed by atoms with Crippen molar-refractivity contribution in [2.45, 2.75) is 39.2 Å². The average Bonchev–Trinajstić information content (AvgIpc) is 3.10. The van der Waals surface area contributed by atoms with Crippen molar-refractivity contribution in [1.82, 2.24) is 19.5 Å². The van der Waals surface area contributed by atoms with E-state index in [1.807, 2.05) is 31.0 Å². The van der Waals surface area contributed by atoms with Crippen LogP contribution in [-0.4, -0.2) is 40.7 Å². The van der Waals surface area contributed by atoms with E-state index >= 15 is 0 Å². The summed E-state index contributed by atoms with van der Waals surface area (Å²) in [6.07, 6.45) is 4.68. The molecule has 2 aromatic heterocycles. The Balaban J connectivity index is 1.70. The summed E-state index contributed by atoms with van der Waals surface area (Å²) in [7, 11) is 0. The number of nitrogens with one attached hydrogen (secondary N) is 1. The number of aromatic nitrogens is 3. The van der Waals surface area contributed by atoms with Gasteiger partial charge in [0, 0.05) is 24.5 Å². The molecular weight excluding hydrogens is 390 g/mol. The summed E-state index contributed by atoms with van der Waals surface area (Å²) in [6, 6.07) is 8.54. The second-order valence-corrected chi connectivity index (χ2v) is 7.99. The lowest BCUT2D eigenvalue weighted by molar-refractivity contribution is 0.0607. The molecule has 3 heterocycles. The van der Waals surface area contributed by atoms with Crippen LogP contribution < -0.4 is 4.72 Å². The molecule has 0 saturated carbocycles. The largest absolute Gasteiger partial charge is 0.330 e. The fourth-order valence-electron chi connectivity index (χ4n) is 3.77. The monoisotopic (exact) mass is 413 g/mol. The third-order valence-corrected chi connectivity index (χ3v) is 5.76. The van der Waals surface area contributed by atoms with Crippen molar-refractivity contribution in [1.29, 1.82) is 0 Å². The molecule has 1 aliphatic heterocycles. The maximum atomic E-state index is 13.4. The maximum Gasteiger partial charge on any atom is 0.259 e. The number of hydrogen-bond donors (Lipinski definition) is 2. The first kappa shape index (κ1) is 19.5. The molecule has 1 aliphatic rings. The van der Waals surface area contributed by atoms with E-state index in [4.69, 9.17) is 5.10 Å². The topological polar surface area (TPSA) is 99.8 Å². The Bertz CT molecular complexity index is 1060. The second kappa shape index (κ2) is 7.92. The van der Waals surface area contributed by atoms with Gasteiger partial charge in [-0.3, -0.25) is 14.1 Å². The zero-order valence-corrected chi connectivity index (χ0v) is 17.1. The number of nitrogens with zero attached hydrogens (tertiary/aromatic N) is 4. The summed E-state index contributed by atoms with van der Waals surface area (Å²) < 4.78 is 24.6. The van der Waals surface area contributed by atoms with E-state index < -0.39 is 11.3 Å². The van der Waals surface area contributed by atoms with Crippen molar-refractivity contribution in [2.24, 2.45) is 0 Å². The summed E-state index contributed by atoms with van der Waals surface area (Å²) in [5, 5.41) is 4.69. The minimum Gasteiger partial charge on any atom is -0.330 e. The fraction of sp³-hybridized carbons (Fsp3) is 0.350. The van der Waals surface area contributed by atoms with E-state index in [-0.39, 0.29) is 11.9 Å². The Kier molecular flexibility index (Phi) is 5.33. The number of fused-ring (bicyclic) bond motifs is 1. The number of carbonyl (C=O) groups excluding carboxylic acids is 1. The Morgan fingerprint density at radius 2 is 2.07 bits per heavy atom. The second-order valence-electron chi connectivity index (χ2n) is 7.29. The molecule has 1 saturated heterocycles. The van der Waals surface area contributed by atoms with Crippen LogP contribution in [0, 0.1) is 13.8 Å². The Hall–Kier alpha value is -2.78. The smallest absolute Gasteiger partial charge is 0.259 e. The molecule has 0 aliphatic carbocycles. The first-order valence-electron chi connectivity index (χ1n) is 9.55. The van der Waals surface area contributed by atoms with Crippen molar-refractivity contribution in [3.05, 3.63) is 59.0 Å². The Labute approximate surface area is 171 Å². The highest BCUT2D eigenvalue weighted by Crippen LogP contribution is 2.33. The average molecular weight is 414 g/mol. The van der Waals surface area contributed by atoms with Gasteiger partial charge in [0.25, 0.3) is 17.2 Å². The van der Waals surface area contributed by atoms with Gasteiger partial charge >= 0.3 is 0 Å². The van der Waals surface area contributed by atoms with Crippen LogP contribution in [0.2, 0.25) is 0 Å². The molecular formula is C20H23N5O3S. The van der Waals surface area contributed by atoms with Crippen molar-refractivity contribution >= 4 is 28.5 Å². The molecule has 3 aromatic rings. The Morgan fingerprint density at radius 3 is 2.86 bits per heavy atom. The third-order valence-electron chi connectivity index (χ3n) is 5.36. The quantitative estimate of drug-likeness (QED) is 0.640. The number of piperidine rings is 1. The third kappa shape index (κ3) is 3.88. The zero-order chi connectivity index (χ0) is 20.5. The lowest BCUT2D eigenvalue weighted by atomic mass is 9.98. The van der Waals surface area contributed by atoms with Gasteiger partial charge in [-0.1, -0.05) is 12.1 Å². The van der Waals surface area contributed by atoms with Gasteiger partial charge in [-0.05, 0) is 50.8 Å². The first-order chi connectivity index (χ1) is 13.9. The molecule has 0 spiro atoms. The summed E-state index contributed by atoms with van der Waals surface area (Å²) in [5.41, 5.74) is 4.30. The van der Waals surface area contributed by atoms with Crippen LogP contribution in [0.25, 0.3) is 5.65 Å². The molecule has 1 amide bonds. The molecule has 9 heteroatoms. The van der Waals surface area contributed by atoms with E-state index in [2.05, 4.69) is 9.71 Å². The summed E-state index contributed by atoms with van der Waals surface area (Å²) in [4.78, 5) is 19.8. The van der Waals surface area contributed by atoms with E-state index in [1.54, 1.807) is 28.8 Å². The van der Waals surface area contributed by atoms with Gasteiger partial charge in [-0.25, -0.2) is 13.7 Å². The molecule has 29 heavy (non-hydrogen) atoms. The highest BCUT2D eigenvalue weighted by atomic mass is 32.2. The van der Waals surface area contributed by atoms with Gasteiger partial charge in [0.1, 0.15) is 0 Å². The molecule has 8 nitrogen and oxygen atoms in total. The number of benzene rings is 1. The van der Waals surface area contributed by atoms with Gasteiger partial charge in [0.05, 0.1) is 23.0 Å². The summed E-state index contributed by atoms with van der Waals surface area (Å²) in [5.74, 6) is -0.180. The van der Waals surface area contributed by atoms with Crippen molar-refractivity contribution in [3.63, 3.8) is 0 Å². The van der Waals surface area contributed by atoms with Gasteiger partial charge in [0.2, 0.25) is 0 Å². The maximum absolute atomic E-state index is 13.4. The van der Waals surface area contributed by atoms with Crippen LogP contribution in [0.3, 0.4) is 0 Å². The number of aryl methyl sites for hydroxylation is 2. The molecule has 0 radical (unpaired) electrons. The van der Waals surface area contributed by atoms with Crippen molar-refractivity contribution < 1.29 is 13.6 Å². The first-order valence-corrected chi connectivity index (χ1v) is 10.7. The minimum absolute atomic E-state index is 0.161. The highest BCUT2D eigenvalue weighted by Gasteiger charge is 2.31. The SMILES string of the molecule is Cc1cn2nc([C@@H]3CCCCN3C(=O)c3ccccc3NS(=O)O)cc2nc1C. The number of carbonyl (C=O) groups is 1. The molecule has 152 valence electrons. The number of para-hydroxylation sites is 1. The predicted octanol–water partition coefficient (Wildman–Crippen LogP) is 3.26. The van der Waals surface area contributed by atoms with E-state index in [1.165, 1.54) is 0 Å². The van der Waals surface area contributed by atoms with E-state index in [9.17, 15) is 13.6 Å². The van der Waals surface area contributed by atoms with Gasteiger partial charge < -0.3 is 4.90 Å². The molecule has 0 bridgehead atoms. The van der Waals surface area contributed by atoms with Crippen LogP contribution in [-0.2, 0) is 11.3 Å². The lowest BCUT2D eigenvalue weighted by Gasteiger charge is -2.35. The van der Waals surface area contributed by atoms with Gasteiger partial charge in [-0.2, -0.15) is 5.10 Å². The zero-order valence-electron chi connectivity index (χ0n) is 16.3. The molecule has 4 rings (SSSR count). The number of hydrogen-bond acceptors (Lipinski definition) is 4. The van der Waals surface area contributed by atoms with Crippen LogP contribution in [0.1, 0.15) is 52.6 Å². The van der Waals surface area contributed by atoms with Crippen LogP contribution in [0.5, 0.6) is 0 Å². The lowest BCUT2D eigenvalue weighted by Crippen LogP contribution is -2.39. The summed E-state index contributed by atoms with van der Waals surface area (Å²) in [6.45, 7) is 4.57. The fourth-order valence-corrected chi connectivity index (χ4v) is 4.14. The predicted molar refractivity (Wildman–Crippen MR) is 111 cm³/mol. The molecule has 1 aromatic carbocycles. The van der Waals surface area contributed by atoms with Crippen LogP contribution >= 0.6 is 0 Å². The van der Waals surface area contributed by atoms with Gasteiger partial charge in [-0.15, -0.1) is 0 Å². The highest BCUT2D eigenvalue weighted by molar-refractivity contribution is 7.80. The molecule has 2 atom stereocenters. The molecule has 2 N–H and O–H groups in total. The van der Waals surface area contributed by atoms with E-state index in [0.717, 1.165) is 41.9 Å². The minimum atomic E-state index is -2.25. The number of amides is 1. The standard InChI is InChI=1S/C20H23N5O3S/c1-13-12-25-19(21-14(13)2)11-17(22-25)18-9-5-6-10-24(18)20(26)15-7-3-4-8-16(15)23-29(27)28/h3-4,7-8,11-12,18,23H,5-6,9-10H2,1-2H3,(H,27,28)/t18-/m0/s1. The number of anilines is 1. The van der Waals surface area contributed by atoms with Crippen molar-refractivity contribution in [2.75, 3.05) is 11.3 Å². The Morgan fingerprint density at radius 1 is 1.28 bits per heavy atom. The van der Waals surface area contributed by atoms with Crippen LogP contribution in [0.15, 0.2) is 36.5 Å². The van der Waals surface area contributed by atoms with Crippen molar-refractivity contribution in [3.8, 4) is 0 Å².